The molecule has 1 aromatic heterocycles. The molecule has 0 N–H and O–H groups in total. The van der Waals surface area contributed by atoms with Crippen molar-refractivity contribution in [3.63, 3.8) is 0 Å². The molecular formula is C9H5BrClFN2O. The number of nitrogens with zero attached hydrogens (tertiary/aromatic N) is 2. The van der Waals surface area contributed by atoms with Crippen molar-refractivity contribution in [3.05, 3.63) is 34.9 Å². The van der Waals surface area contributed by atoms with E-state index in [0.717, 1.165) is 0 Å². The Morgan fingerprint density at radius 1 is 1.47 bits per heavy atom. The highest BCUT2D eigenvalue weighted by molar-refractivity contribution is 9.08. The molecule has 0 spiro atoms. The normalized spacial score (nSPS) is 10.6. The maximum absolute atomic E-state index is 12.8. The molecule has 0 atom stereocenters. The van der Waals surface area contributed by atoms with Crippen molar-refractivity contribution in [2.75, 3.05) is 0 Å². The standard InChI is InChI=1S/C9H5BrClFN2O/c10-4-8-13-9(15-14-8)6-2-1-5(12)3-7(6)11/h1-3H,4H2. The molecule has 0 aliphatic carbocycles. The number of hydrogen-bond donors (Lipinski definition) is 0. The molecule has 6 heteroatoms. The van der Waals surface area contributed by atoms with Crippen molar-refractivity contribution in [2.45, 2.75) is 5.33 Å². The molecule has 1 aromatic carbocycles. The van der Waals surface area contributed by atoms with E-state index in [1.54, 1.807) is 0 Å². The summed E-state index contributed by atoms with van der Waals surface area (Å²) in [7, 11) is 0. The Balaban J connectivity index is 2.44. The molecule has 0 bridgehead atoms. The molecule has 0 unspecified atom stereocenters. The highest BCUT2D eigenvalue weighted by Crippen LogP contribution is 2.27. The fourth-order valence-electron chi connectivity index (χ4n) is 1.08. The van der Waals surface area contributed by atoms with Gasteiger partial charge in [0.25, 0.3) is 5.89 Å². The molecule has 0 saturated heterocycles. The van der Waals surface area contributed by atoms with Crippen LogP contribution < -0.4 is 0 Å². The monoisotopic (exact) mass is 290 g/mol. The minimum atomic E-state index is -0.399. The first kappa shape index (κ1) is 10.6. The van der Waals surface area contributed by atoms with Gasteiger partial charge in [-0.1, -0.05) is 32.7 Å². The number of rotatable bonds is 2. The van der Waals surface area contributed by atoms with E-state index >= 15 is 0 Å². The summed E-state index contributed by atoms with van der Waals surface area (Å²) in [6.45, 7) is 0. The van der Waals surface area contributed by atoms with Gasteiger partial charge < -0.3 is 4.52 Å². The van der Waals surface area contributed by atoms with Crippen molar-refractivity contribution in [1.82, 2.24) is 10.1 Å². The van der Waals surface area contributed by atoms with Crippen LogP contribution in [-0.4, -0.2) is 10.1 Å². The number of alkyl halides is 1. The van der Waals surface area contributed by atoms with E-state index in [4.69, 9.17) is 16.1 Å². The smallest absolute Gasteiger partial charge is 0.259 e. The zero-order valence-corrected chi connectivity index (χ0v) is 9.72. The predicted molar refractivity (Wildman–Crippen MR) is 57.3 cm³/mol. The summed E-state index contributed by atoms with van der Waals surface area (Å²) in [6.07, 6.45) is 0. The summed E-state index contributed by atoms with van der Waals surface area (Å²) in [5.74, 6) is 0.406. The summed E-state index contributed by atoms with van der Waals surface area (Å²) in [6, 6.07) is 4.00. The van der Waals surface area contributed by atoms with Gasteiger partial charge in [-0.25, -0.2) is 4.39 Å². The molecule has 0 radical (unpaired) electrons. The van der Waals surface area contributed by atoms with Gasteiger partial charge in [-0.05, 0) is 18.2 Å². The van der Waals surface area contributed by atoms with Gasteiger partial charge in [0, 0.05) is 0 Å². The molecule has 0 saturated carbocycles. The molecule has 0 aliphatic heterocycles. The lowest BCUT2D eigenvalue weighted by Gasteiger charge is -1.97. The van der Waals surface area contributed by atoms with Crippen LogP contribution in [0.25, 0.3) is 11.5 Å². The van der Waals surface area contributed by atoms with Crippen LogP contribution in [0, 0.1) is 5.82 Å². The SMILES string of the molecule is Fc1ccc(-c2nc(CBr)no2)c(Cl)c1. The predicted octanol–water partition coefficient (Wildman–Crippen LogP) is 3.42. The maximum atomic E-state index is 12.8. The Morgan fingerprint density at radius 3 is 2.87 bits per heavy atom. The van der Waals surface area contributed by atoms with E-state index in [0.29, 0.717) is 16.7 Å². The van der Waals surface area contributed by atoms with E-state index in [1.165, 1.54) is 18.2 Å². The van der Waals surface area contributed by atoms with Gasteiger partial charge in [0.2, 0.25) is 0 Å². The van der Waals surface area contributed by atoms with Gasteiger partial charge in [-0.2, -0.15) is 4.98 Å². The third kappa shape index (κ3) is 2.18. The summed E-state index contributed by atoms with van der Waals surface area (Å²) in [5, 5.41) is 4.43. The van der Waals surface area contributed by atoms with E-state index in [-0.39, 0.29) is 10.9 Å². The van der Waals surface area contributed by atoms with Crippen molar-refractivity contribution >= 4 is 27.5 Å². The second-order valence-corrected chi connectivity index (χ2v) is 3.74. The number of aromatic nitrogens is 2. The Morgan fingerprint density at radius 2 is 2.27 bits per heavy atom. The minimum Gasteiger partial charge on any atom is -0.334 e. The van der Waals surface area contributed by atoms with Gasteiger partial charge in [0.1, 0.15) is 5.82 Å². The first-order valence-corrected chi connectivity index (χ1v) is 5.54. The van der Waals surface area contributed by atoms with E-state index in [1.807, 2.05) is 0 Å². The zero-order valence-electron chi connectivity index (χ0n) is 7.38. The van der Waals surface area contributed by atoms with E-state index < -0.39 is 5.82 Å². The number of benzene rings is 1. The van der Waals surface area contributed by atoms with Crippen LogP contribution in [0.4, 0.5) is 4.39 Å². The second kappa shape index (κ2) is 4.28. The van der Waals surface area contributed by atoms with Crippen LogP contribution in [0.5, 0.6) is 0 Å². The fourth-order valence-corrected chi connectivity index (χ4v) is 1.56. The van der Waals surface area contributed by atoms with Crippen LogP contribution in [0.2, 0.25) is 5.02 Å². The topological polar surface area (TPSA) is 38.9 Å². The minimum absolute atomic E-state index is 0.250. The molecule has 2 rings (SSSR count). The van der Waals surface area contributed by atoms with Gasteiger partial charge in [-0.3, -0.25) is 0 Å². The largest absolute Gasteiger partial charge is 0.334 e. The fraction of sp³-hybridized carbons (Fsp3) is 0.111. The van der Waals surface area contributed by atoms with Crippen molar-refractivity contribution in [3.8, 4) is 11.5 Å². The summed E-state index contributed by atoms with van der Waals surface area (Å²) in [4.78, 5) is 4.06. The highest BCUT2D eigenvalue weighted by Gasteiger charge is 2.11. The molecular weight excluding hydrogens is 286 g/mol. The molecule has 0 aliphatic rings. The van der Waals surface area contributed by atoms with Gasteiger partial charge in [0.15, 0.2) is 5.82 Å². The Kier molecular flexibility index (Phi) is 3.02. The van der Waals surface area contributed by atoms with Crippen LogP contribution in [0.3, 0.4) is 0 Å². The number of hydrogen-bond acceptors (Lipinski definition) is 3. The highest BCUT2D eigenvalue weighted by atomic mass is 79.9. The third-order valence-electron chi connectivity index (χ3n) is 1.75. The third-order valence-corrected chi connectivity index (χ3v) is 2.56. The molecule has 15 heavy (non-hydrogen) atoms. The first-order valence-electron chi connectivity index (χ1n) is 4.04. The molecule has 0 amide bonds. The van der Waals surface area contributed by atoms with E-state index in [2.05, 4.69) is 26.1 Å². The number of halogens is 3. The van der Waals surface area contributed by atoms with Crippen molar-refractivity contribution in [2.24, 2.45) is 0 Å². The molecule has 3 nitrogen and oxygen atoms in total. The zero-order chi connectivity index (χ0) is 10.8. The quantitative estimate of drug-likeness (QED) is 0.796. The first-order chi connectivity index (χ1) is 7.20. The van der Waals surface area contributed by atoms with Crippen LogP contribution in [-0.2, 0) is 5.33 Å². The van der Waals surface area contributed by atoms with Gasteiger partial charge in [-0.15, -0.1) is 0 Å². The Hall–Kier alpha value is -0.940. The lowest BCUT2D eigenvalue weighted by molar-refractivity contribution is 0.425. The van der Waals surface area contributed by atoms with Crippen LogP contribution in [0.15, 0.2) is 22.7 Å². The lowest BCUT2D eigenvalue weighted by atomic mass is 10.2. The summed E-state index contributed by atoms with van der Waals surface area (Å²) >= 11 is 9.03. The summed E-state index contributed by atoms with van der Waals surface area (Å²) < 4.78 is 17.7. The van der Waals surface area contributed by atoms with E-state index in [9.17, 15) is 4.39 Å². The average Bonchev–Trinajstić information content (AvgIpc) is 2.66. The summed E-state index contributed by atoms with van der Waals surface area (Å²) in [5.41, 5.74) is 0.526. The van der Waals surface area contributed by atoms with Crippen LogP contribution in [0.1, 0.15) is 5.82 Å². The maximum Gasteiger partial charge on any atom is 0.259 e. The van der Waals surface area contributed by atoms with Gasteiger partial charge in [0.05, 0.1) is 15.9 Å². The molecule has 1 heterocycles. The Labute approximate surface area is 98.4 Å². The van der Waals surface area contributed by atoms with Crippen molar-refractivity contribution < 1.29 is 8.91 Å². The van der Waals surface area contributed by atoms with Crippen LogP contribution >= 0.6 is 27.5 Å². The molecule has 78 valence electrons. The second-order valence-electron chi connectivity index (χ2n) is 2.77. The molecule has 2 aromatic rings. The Bertz CT molecular complexity index is 489. The average molecular weight is 292 g/mol. The van der Waals surface area contributed by atoms with Gasteiger partial charge >= 0.3 is 0 Å². The lowest BCUT2D eigenvalue weighted by Crippen LogP contribution is -1.83. The molecule has 0 fully saturated rings. The van der Waals surface area contributed by atoms with Crippen molar-refractivity contribution in [1.29, 1.82) is 0 Å².